The third-order valence-corrected chi connectivity index (χ3v) is 5.04. The number of nitrogens with zero attached hydrogens (tertiary/aromatic N) is 4. The summed E-state index contributed by atoms with van der Waals surface area (Å²) in [5.74, 6) is 0.612. The maximum atomic E-state index is 12.7. The second-order valence-corrected chi connectivity index (χ2v) is 7.12. The van der Waals surface area contributed by atoms with E-state index in [1.807, 2.05) is 69.9 Å². The highest BCUT2D eigenvalue weighted by atomic mass is 16.5. The van der Waals surface area contributed by atoms with Gasteiger partial charge in [0.2, 0.25) is 0 Å². The first-order valence-corrected chi connectivity index (χ1v) is 9.28. The number of aromatic nitrogens is 4. The predicted molar refractivity (Wildman–Crippen MR) is 109 cm³/mol. The summed E-state index contributed by atoms with van der Waals surface area (Å²) in [7, 11) is 5.41. The number of aryl methyl sites for hydroxylation is 3. The van der Waals surface area contributed by atoms with Gasteiger partial charge < -0.3 is 10.1 Å². The predicted octanol–water partition coefficient (Wildman–Crippen LogP) is 2.81. The van der Waals surface area contributed by atoms with Crippen LogP contribution in [0.1, 0.15) is 34.4 Å². The van der Waals surface area contributed by atoms with Gasteiger partial charge >= 0.3 is 0 Å². The lowest BCUT2D eigenvalue weighted by molar-refractivity contribution is 0.0934. The number of benzene rings is 1. The fourth-order valence-electron chi connectivity index (χ4n) is 3.38. The highest BCUT2D eigenvalue weighted by Crippen LogP contribution is 2.23. The molecule has 28 heavy (non-hydrogen) atoms. The Labute approximate surface area is 165 Å². The zero-order valence-electron chi connectivity index (χ0n) is 17.3. The zero-order valence-corrected chi connectivity index (χ0v) is 17.3. The van der Waals surface area contributed by atoms with Gasteiger partial charge in [0, 0.05) is 31.4 Å². The van der Waals surface area contributed by atoms with Crippen molar-refractivity contribution in [1.29, 1.82) is 0 Å². The monoisotopic (exact) mass is 381 g/mol. The highest BCUT2D eigenvalue weighted by molar-refractivity contribution is 5.93. The molecule has 3 rings (SSSR count). The standard InChI is InChI=1S/C21H27N5O2/c1-13(11-18-14(2)23-25(4)15(18)3)22-21(27)19-12-20(26(5)24-19)16-7-9-17(28-6)10-8-16/h7-10,12-13H,11H2,1-6H3,(H,22,27)/t13-/m0/s1. The summed E-state index contributed by atoms with van der Waals surface area (Å²) in [6.45, 7) is 6.04. The summed E-state index contributed by atoms with van der Waals surface area (Å²) in [5, 5.41) is 11.9. The van der Waals surface area contributed by atoms with Gasteiger partial charge in [-0.1, -0.05) is 0 Å². The molecule has 0 aliphatic carbocycles. The molecule has 0 radical (unpaired) electrons. The topological polar surface area (TPSA) is 74.0 Å². The first-order valence-electron chi connectivity index (χ1n) is 9.28. The van der Waals surface area contributed by atoms with Crippen LogP contribution in [0.25, 0.3) is 11.3 Å². The second kappa shape index (κ2) is 7.88. The maximum absolute atomic E-state index is 12.7. The lowest BCUT2D eigenvalue weighted by Crippen LogP contribution is -2.34. The number of ether oxygens (including phenoxy) is 1. The third kappa shape index (κ3) is 3.93. The Hall–Kier alpha value is -3.09. The minimum atomic E-state index is -0.179. The fourth-order valence-corrected chi connectivity index (χ4v) is 3.38. The van der Waals surface area contributed by atoms with Crippen LogP contribution in [0, 0.1) is 13.8 Å². The normalized spacial score (nSPS) is 12.1. The van der Waals surface area contributed by atoms with Crippen molar-refractivity contribution < 1.29 is 9.53 Å². The Kier molecular flexibility index (Phi) is 5.53. The van der Waals surface area contributed by atoms with Crippen LogP contribution in [-0.2, 0) is 20.5 Å². The van der Waals surface area contributed by atoms with E-state index in [1.165, 1.54) is 5.56 Å². The molecule has 2 aromatic heterocycles. The Morgan fingerprint density at radius 2 is 1.82 bits per heavy atom. The van der Waals surface area contributed by atoms with Crippen LogP contribution >= 0.6 is 0 Å². The highest BCUT2D eigenvalue weighted by Gasteiger charge is 2.18. The van der Waals surface area contributed by atoms with Gasteiger partial charge in [-0.15, -0.1) is 0 Å². The van der Waals surface area contributed by atoms with Gasteiger partial charge in [0.1, 0.15) is 5.75 Å². The largest absolute Gasteiger partial charge is 0.497 e. The van der Waals surface area contributed by atoms with Crippen LogP contribution in [0.5, 0.6) is 5.75 Å². The second-order valence-electron chi connectivity index (χ2n) is 7.12. The van der Waals surface area contributed by atoms with Crippen molar-refractivity contribution in [2.75, 3.05) is 7.11 Å². The average Bonchev–Trinajstić information content (AvgIpc) is 3.17. The van der Waals surface area contributed by atoms with E-state index in [4.69, 9.17) is 4.74 Å². The van der Waals surface area contributed by atoms with Crippen LogP contribution < -0.4 is 10.1 Å². The quantitative estimate of drug-likeness (QED) is 0.713. The van der Waals surface area contributed by atoms with Gasteiger partial charge in [-0.25, -0.2) is 0 Å². The van der Waals surface area contributed by atoms with E-state index >= 15 is 0 Å². The molecule has 0 bridgehead atoms. The van der Waals surface area contributed by atoms with E-state index < -0.39 is 0 Å². The molecule has 0 spiro atoms. The molecule has 1 amide bonds. The van der Waals surface area contributed by atoms with E-state index in [0.717, 1.165) is 34.8 Å². The molecule has 1 atom stereocenters. The lowest BCUT2D eigenvalue weighted by Gasteiger charge is -2.13. The number of rotatable bonds is 6. The number of methoxy groups -OCH3 is 1. The van der Waals surface area contributed by atoms with Crippen LogP contribution in [0.4, 0.5) is 0 Å². The van der Waals surface area contributed by atoms with E-state index in [2.05, 4.69) is 15.5 Å². The van der Waals surface area contributed by atoms with E-state index in [-0.39, 0.29) is 11.9 Å². The van der Waals surface area contributed by atoms with Crippen molar-refractivity contribution in [3.05, 3.63) is 53.0 Å². The Balaban J connectivity index is 1.72. The fraction of sp³-hybridized carbons (Fsp3) is 0.381. The SMILES string of the molecule is COc1ccc(-c2cc(C(=O)N[C@@H](C)Cc3c(C)nn(C)c3C)nn2C)cc1. The average molecular weight is 381 g/mol. The van der Waals surface area contributed by atoms with Gasteiger partial charge in [-0.05, 0) is 63.1 Å². The summed E-state index contributed by atoms with van der Waals surface area (Å²) < 4.78 is 8.79. The van der Waals surface area contributed by atoms with Crippen LogP contribution in [0.15, 0.2) is 30.3 Å². The number of carbonyl (C=O) groups excluding carboxylic acids is 1. The third-order valence-electron chi connectivity index (χ3n) is 5.04. The first-order chi connectivity index (χ1) is 13.3. The van der Waals surface area contributed by atoms with Gasteiger partial charge in [-0.3, -0.25) is 14.2 Å². The summed E-state index contributed by atoms with van der Waals surface area (Å²) in [5.41, 5.74) is 5.55. The number of nitrogens with one attached hydrogen (secondary N) is 1. The van der Waals surface area contributed by atoms with Crippen molar-refractivity contribution in [1.82, 2.24) is 24.9 Å². The van der Waals surface area contributed by atoms with Gasteiger partial charge in [0.05, 0.1) is 18.5 Å². The molecule has 7 heteroatoms. The summed E-state index contributed by atoms with van der Waals surface area (Å²) in [4.78, 5) is 12.7. The van der Waals surface area contributed by atoms with Crippen molar-refractivity contribution in [2.45, 2.75) is 33.2 Å². The molecule has 0 fully saturated rings. The number of carbonyl (C=O) groups is 1. The van der Waals surface area contributed by atoms with Crippen LogP contribution in [-0.4, -0.2) is 38.6 Å². The van der Waals surface area contributed by atoms with Crippen LogP contribution in [0.3, 0.4) is 0 Å². The Morgan fingerprint density at radius 1 is 1.14 bits per heavy atom. The minimum Gasteiger partial charge on any atom is -0.497 e. The van der Waals surface area contributed by atoms with E-state index in [9.17, 15) is 4.79 Å². The molecule has 1 aromatic carbocycles. The molecule has 0 saturated heterocycles. The lowest BCUT2D eigenvalue weighted by atomic mass is 10.1. The maximum Gasteiger partial charge on any atom is 0.272 e. The van der Waals surface area contributed by atoms with Crippen molar-refractivity contribution in [2.24, 2.45) is 14.1 Å². The van der Waals surface area contributed by atoms with Gasteiger partial charge in [0.15, 0.2) is 5.69 Å². The number of hydrogen-bond donors (Lipinski definition) is 1. The summed E-state index contributed by atoms with van der Waals surface area (Å²) in [6, 6.07) is 9.47. The van der Waals surface area contributed by atoms with Crippen molar-refractivity contribution in [3.8, 4) is 17.0 Å². The molecule has 3 aromatic rings. The summed E-state index contributed by atoms with van der Waals surface area (Å²) >= 11 is 0. The molecule has 0 unspecified atom stereocenters. The van der Waals surface area contributed by atoms with E-state index in [0.29, 0.717) is 5.69 Å². The summed E-state index contributed by atoms with van der Waals surface area (Å²) in [6.07, 6.45) is 0.732. The number of hydrogen-bond acceptors (Lipinski definition) is 4. The van der Waals surface area contributed by atoms with Gasteiger partial charge in [-0.2, -0.15) is 10.2 Å². The van der Waals surface area contributed by atoms with Crippen LogP contribution in [0.2, 0.25) is 0 Å². The molecule has 148 valence electrons. The molecule has 7 nitrogen and oxygen atoms in total. The molecule has 0 aliphatic heterocycles. The van der Waals surface area contributed by atoms with E-state index in [1.54, 1.807) is 11.8 Å². The molecule has 0 saturated carbocycles. The molecule has 2 heterocycles. The zero-order chi connectivity index (χ0) is 20.4. The number of amides is 1. The molecular weight excluding hydrogens is 354 g/mol. The minimum absolute atomic E-state index is 0.0273. The van der Waals surface area contributed by atoms with Gasteiger partial charge in [0.25, 0.3) is 5.91 Å². The Morgan fingerprint density at radius 3 is 2.39 bits per heavy atom. The van der Waals surface area contributed by atoms with Crippen molar-refractivity contribution in [3.63, 3.8) is 0 Å². The molecular formula is C21H27N5O2. The molecule has 0 aliphatic rings. The first kappa shape index (κ1) is 19.7. The Bertz CT molecular complexity index is 985. The van der Waals surface area contributed by atoms with Crippen molar-refractivity contribution >= 4 is 5.91 Å². The molecule has 1 N–H and O–H groups in total. The smallest absolute Gasteiger partial charge is 0.272 e.